The number of nitrogens with one attached hydrogen (secondary N) is 3. The van der Waals surface area contributed by atoms with Gasteiger partial charge in [0.1, 0.15) is 6.04 Å². The Hall–Kier alpha value is -3.93. The highest BCUT2D eigenvalue weighted by atomic mass is 16.6. The number of amides is 4. The van der Waals surface area contributed by atoms with Crippen LogP contribution in [0.1, 0.15) is 96.7 Å². The molecule has 0 spiro atoms. The first-order valence-electron chi connectivity index (χ1n) is 18.3. The Morgan fingerprint density at radius 3 is 2.30 bits per heavy atom. The molecule has 2 aromatic rings. The maximum atomic E-state index is 14.3. The second-order valence-electron chi connectivity index (χ2n) is 14.6. The highest BCUT2D eigenvalue weighted by molar-refractivity contribution is 5.90. The van der Waals surface area contributed by atoms with Crippen molar-refractivity contribution in [1.82, 2.24) is 30.4 Å². The van der Waals surface area contributed by atoms with Gasteiger partial charge in [-0.05, 0) is 50.5 Å². The molecule has 1 aromatic carbocycles. The first-order chi connectivity index (χ1) is 23.8. The smallest absolute Gasteiger partial charge is 0.410 e. The van der Waals surface area contributed by atoms with Crippen LogP contribution in [0.25, 0.3) is 0 Å². The molecule has 12 heteroatoms. The second-order valence-corrected chi connectivity index (χ2v) is 14.6. The van der Waals surface area contributed by atoms with Crippen molar-refractivity contribution in [2.75, 3.05) is 20.6 Å². The van der Waals surface area contributed by atoms with Gasteiger partial charge in [-0.15, -0.1) is 0 Å². The van der Waals surface area contributed by atoms with Gasteiger partial charge in [0.05, 0.1) is 18.5 Å². The van der Waals surface area contributed by atoms with Gasteiger partial charge in [0, 0.05) is 57.8 Å². The molecule has 1 aliphatic rings. The molecule has 0 saturated heterocycles. The fourth-order valence-electron chi connectivity index (χ4n) is 6.44. The summed E-state index contributed by atoms with van der Waals surface area (Å²) in [5.41, 5.74) is 1.44. The van der Waals surface area contributed by atoms with E-state index in [4.69, 9.17) is 4.74 Å². The van der Waals surface area contributed by atoms with Gasteiger partial charge in [0.25, 0.3) is 5.91 Å². The quantitative estimate of drug-likeness (QED) is 0.167. The highest BCUT2D eigenvalue weighted by Gasteiger charge is 2.36. The van der Waals surface area contributed by atoms with Crippen LogP contribution in [0.5, 0.6) is 0 Å². The SMILES string of the molecule is CC(C)CC[C@H](O)[C@H](CC1CCCCC1)NC(=O)[C@H](Cc1cnc[nH]1)N(C)C(=O)[C@H](Cc1ccccc1)OC(=O)N(C)CCC(=O)NC(C)C. The van der Waals surface area contributed by atoms with E-state index < -0.39 is 42.2 Å². The van der Waals surface area contributed by atoms with Crippen LogP contribution in [0.4, 0.5) is 4.79 Å². The Bertz CT molecular complexity index is 1310. The third-order valence-electron chi connectivity index (χ3n) is 9.45. The van der Waals surface area contributed by atoms with Crippen molar-refractivity contribution >= 4 is 23.8 Å². The van der Waals surface area contributed by atoms with Crippen LogP contribution in [-0.2, 0) is 32.0 Å². The molecular formula is C38H60N6O6. The van der Waals surface area contributed by atoms with E-state index in [1.807, 2.05) is 44.2 Å². The molecule has 278 valence electrons. The summed E-state index contributed by atoms with van der Waals surface area (Å²) in [7, 11) is 3.06. The minimum Gasteiger partial charge on any atom is -0.436 e. The molecule has 12 nitrogen and oxygen atoms in total. The number of hydrogen-bond donors (Lipinski definition) is 4. The third-order valence-corrected chi connectivity index (χ3v) is 9.45. The normalized spacial score (nSPS) is 15.9. The fourth-order valence-corrected chi connectivity index (χ4v) is 6.44. The van der Waals surface area contributed by atoms with E-state index in [0.717, 1.165) is 37.7 Å². The summed E-state index contributed by atoms with van der Waals surface area (Å²) < 4.78 is 5.82. The van der Waals surface area contributed by atoms with Gasteiger partial charge >= 0.3 is 6.09 Å². The third kappa shape index (κ3) is 13.8. The number of aliphatic hydroxyl groups is 1. The molecular weight excluding hydrogens is 636 g/mol. The number of carbonyl (C=O) groups is 4. The van der Waals surface area contributed by atoms with E-state index >= 15 is 0 Å². The summed E-state index contributed by atoms with van der Waals surface area (Å²) in [4.78, 5) is 63.8. The second kappa shape index (κ2) is 20.7. The molecule has 1 aliphatic carbocycles. The van der Waals surface area contributed by atoms with Gasteiger partial charge in [0.2, 0.25) is 11.8 Å². The largest absolute Gasteiger partial charge is 0.436 e. The Morgan fingerprint density at radius 1 is 0.980 bits per heavy atom. The molecule has 1 heterocycles. The maximum absolute atomic E-state index is 14.3. The molecule has 0 radical (unpaired) electrons. The summed E-state index contributed by atoms with van der Waals surface area (Å²) in [6, 6.07) is 7.76. The Labute approximate surface area is 298 Å². The zero-order chi connectivity index (χ0) is 36.6. The monoisotopic (exact) mass is 696 g/mol. The van der Waals surface area contributed by atoms with Crippen molar-refractivity contribution in [1.29, 1.82) is 0 Å². The van der Waals surface area contributed by atoms with Crippen molar-refractivity contribution in [3.63, 3.8) is 0 Å². The van der Waals surface area contributed by atoms with Crippen molar-refractivity contribution in [3.05, 3.63) is 54.1 Å². The van der Waals surface area contributed by atoms with Crippen molar-refractivity contribution in [2.45, 2.75) is 129 Å². The van der Waals surface area contributed by atoms with E-state index in [2.05, 4.69) is 34.4 Å². The van der Waals surface area contributed by atoms with Crippen LogP contribution in [0.15, 0.2) is 42.9 Å². The van der Waals surface area contributed by atoms with Gasteiger partial charge in [-0.3, -0.25) is 14.4 Å². The number of ether oxygens (including phenoxy) is 1. The zero-order valence-corrected chi connectivity index (χ0v) is 30.9. The first kappa shape index (κ1) is 40.5. The van der Waals surface area contributed by atoms with Crippen LogP contribution in [0.3, 0.4) is 0 Å². The van der Waals surface area contributed by atoms with Gasteiger partial charge < -0.3 is 35.3 Å². The Morgan fingerprint density at radius 2 is 1.68 bits per heavy atom. The average molecular weight is 697 g/mol. The van der Waals surface area contributed by atoms with Crippen molar-refractivity contribution in [2.24, 2.45) is 11.8 Å². The average Bonchev–Trinajstić information content (AvgIpc) is 3.61. The number of rotatable bonds is 19. The molecule has 50 heavy (non-hydrogen) atoms. The minimum atomic E-state index is -1.24. The number of aliphatic hydroxyl groups excluding tert-OH is 1. The van der Waals surface area contributed by atoms with Crippen LogP contribution in [0, 0.1) is 11.8 Å². The fraction of sp³-hybridized carbons (Fsp3) is 0.658. The molecule has 4 amide bonds. The molecule has 4 atom stereocenters. The topological polar surface area (TPSA) is 157 Å². The lowest BCUT2D eigenvalue weighted by Gasteiger charge is -2.34. The van der Waals surface area contributed by atoms with Crippen LogP contribution < -0.4 is 10.6 Å². The molecule has 0 bridgehead atoms. The van der Waals surface area contributed by atoms with Crippen molar-refractivity contribution < 1.29 is 29.0 Å². The van der Waals surface area contributed by atoms with E-state index in [-0.39, 0.29) is 37.8 Å². The minimum absolute atomic E-state index is 0.0269. The van der Waals surface area contributed by atoms with E-state index in [9.17, 15) is 24.3 Å². The number of nitrogens with zero attached hydrogens (tertiary/aromatic N) is 3. The summed E-state index contributed by atoms with van der Waals surface area (Å²) in [5, 5.41) is 17.3. The van der Waals surface area contributed by atoms with Gasteiger partial charge in [-0.1, -0.05) is 76.3 Å². The van der Waals surface area contributed by atoms with Crippen molar-refractivity contribution in [3.8, 4) is 0 Å². The summed E-state index contributed by atoms with van der Waals surface area (Å²) in [6.07, 6.45) is 8.46. The standard InChI is InChI=1S/C38H60N6O6/c1-26(2)17-18-33(45)31(21-28-13-9-7-10-14-28)42-36(47)32(23-30-24-39-25-40-30)44(6)37(48)34(22-29-15-11-8-12-16-29)50-38(49)43(5)20-19-35(46)41-27(3)4/h8,11-12,15-16,24-28,31-34,45H,7,9-10,13-14,17-23H2,1-6H3,(H,39,40)(H,41,46)(H,42,47)/t31-,32-,33-,34-/m0/s1. The van der Waals surface area contributed by atoms with E-state index in [0.29, 0.717) is 30.4 Å². The Balaban J connectivity index is 1.84. The Kier molecular flexibility index (Phi) is 16.7. The summed E-state index contributed by atoms with van der Waals surface area (Å²) in [5.74, 6) is -0.306. The molecule has 0 aliphatic heterocycles. The predicted molar refractivity (Wildman–Crippen MR) is 193 cm³/mol. The lowest BCUT2D eigenvalue weighted by atomic mass is 9.83. The van der Waals surface area contributed by atoms with Crippen LogP contribution in [0.2, 0.25) is 0 Å². The lowest BCUT2D eigenvalue weighted by molar-refractivity contribution is -0.146. The van der Waals surface area contributed by atoms with Gasteiger partial charge in [-0.25, -0.2) is 9.78 Å². The summed E-state index contributed by atoms with van der Waals surface area (Å²) >= 11 is 0. The van der Waals surface area contributed by atoms with Crippen LogP contribution >= 0.6 is 0 Å². The number of aromatic amines is 1. The number of likely N-dealkylation sites (N-methyl/N-ethyl adjacent to an activating group) is 1. The molecule has 1 fully saturated rings. The molecule has 4 N–H and O–H groups in total. The number of benzene rings is 1. The van der Waals surface area contributed by atoms with Crippen LogP contribution in [-0.4, -0.2) is 99.7 Å². The number of hydrogen-bond acceptors (Lipinski definition) is 7. The van der Waals surface area contributed by atoms with Gasteiger partial charge in [-0.2, -0.15) is 0 Å². The molecule has 3 rings (SSSR count). The highest BCUT2D eigenvalue weighted by Crippen LogP contribution is 2.29. The lowest BCUT2D eigenvalue weighted by Crippen LogP contribution is -2.56. The number of aromatic nitrogens is 2. The van der Waals surface area contributed by atoms with E-state index in [1.165, 1.54) is 29.6 Å². The number of carbonyl (C=O) groups excluding carboxylic acids is 4. The number of H-pyrrole nitrogens is 1. The molecule has 1 saturated carbocycles. The van der Waals surface area contributed by atoms with Gasteiger partial charge in [0.15, 0.2) is 6.10 Å². The number of imidazole rings is 1. The maximum Gasteiger partial charge on any atom is 0.410 e. The summed E-state index contributed by atoms with van der Waals surface area (Å²) in [6.45, 7) is 8.05. The zero-order valence-electron chi connectivity index (χ0n) is 30.9. The van der Waals surface area contributed by atoms with E-state index in [1.54, 1.807) is 13.2 Å². The first-order valence-corrected chi connectivity index (χ1v) is 18.3. The molecule has 1 aromatic heterocycles. The molecule has 0 unspecified atom stereocenters. The predicted octanol–water partition coefficient (Wildman–Crippen LogP) is 4.63.